The molecular formula is C19H12ClF6N3O5S. The Morgan fingerprint density at radius 1 is 1.11 bits per heavy atom. The fourth-order valence-electron chi connectivity index (χ4n) is 2.78. The number of aromatic nitrogens is 3. The Morgan fingerprint density at radius 3 is 2.40 bits per heavy atom. The van der Waals surface area contributed by atoms with Gasteiger partial charge in [0.1, 0.15) is 5.56 Å². The molecule has 0 radical (unpaired) electrons. The van der Waals surface area contributed by atoms with Gasteiger partial charge in [0.05, 0.1) is 18.5 Å². The number of carbonyl (C=O) groups is 1. The first-order chi connectivity index (χ1) is 16.2. The first-order valence-electron chi connectivity index (χ1n) is 9.26. The van der Waals surface area contributed by atoms with E-state index in [1.165, 1.54) is 13.0 Å². The summed E-state index contributed by atoms with van der Waals surface area (Å²) in [6.45, 7) is 1.19. The third-order valence-corrected chi connectivity index (χ3v) is 5.39. The van der Waals surface area contributed by atoms with Gasteiger partial charge in [-0.3, -0.25) is 0 Å². The number of carbonyl (C=O) groups excluding carboxylic acids is 1. The van der Waals surface area contributed by atoms with Gasteiger partial charge in [-0.15, -0.1) is 0 Å². The van der Waals surface area contributed by atoms with Crippen molar-refractivity contribution >= 4 is 27.7 Å². The van der Waals surface area contributed by atoms with Gasteiger partial charge in [-0.2, -0.15) is 39.9 Å². The number of benzene rings is 1. The predicted octanol–water partition coefficient (Wildman–Crippen LogP) is 5.01. The minimum absolute atomic E-state index is 0.0661. The molecule has 0 fully saturated rings. The molecule has 16 heteroatoms. The third kappa shape index (κ3) is 5.51. The lowest BCUT2D eigenvalue weighted by Crippen LogP contribution is -2.28. The quantitative estimate of drug-likeness (QED) is 0.186. The molecule has 0 spiro atoms. The maximum atomic E-state index is 13.8. The molecule has 188 valence electrons. The van der Waals surface area contributed by atoms with Gasteiger partial charge in [0.2, 0.25) is 0 Å². The van der Waals surface area contributed by atoms with Crippen molar-refractivity contribution in [2.24, 2.45) is 0 Å². The standard InChI is InChI=1S/C19H12ClF6N3O5S/c1-2-33-17(30)12-9-27-29(16(12)18(21,22)23)15-5-3-4-13(28-15)11-8-10(20)6-7-14(11)34-35(31,32)19(24,25)26/h3-9H,2H2,1H3. The maximum Gasteiger partial charge on any atom is 0.534 e. The van der Waals surface area contributed by atoms with Crippen LogP contribution in [0.2, 0.25) is 5.02 Å². The van der Waals surface area contributed by atoms with Crippen LogP contribution in [0.5, 0.6) is 5.75 Å². The summed E-state index contributed by atoms with van der Waals surface area (Å²) in [6, 6.07) is 6.27. The highest BCUT2D eigenvalue weighted by molar-refractivity contribution is 7.88. The van der Waals surface area contributed by atoms with E-state index in [0.717, 1.165) is 30.3 Å². The van der Waals surface area contributed by atoms with Crippen LogP contribution in [0.3, 0.4) is 0 Å². The van der Waals surface area contributed by atoms with E-state index in [0.29, 0.717) is 6.20 Å². The molecule has 0 aliphatic rings. The molecule has 3 aromatic rings. The monoisotopic (exact) mass is 543 g/mol. The second kappa shape index (κ2) is 9.37. The Balaban J connectivity index is 2.16. The SMILES string of the molecule is CCOC(=O)c1cnn(-c2cccc(-c3cc(Cl)ccc3OS(=O)(=O)C(F)(F)F)n2)c1C(F)(F)F. The lowest BCUT2D eigenvalue weighted by Gasteiger charge is -2.15. The Kier molecular flexibility index (Phi) is 7.04. The number of hydrogen-bond donors (Lipinski definition) is 0. The molecule has 0 saturated carbocycles. The van der Waals surface area contributed by atoms with Crippen LogP contribution in [0.15, 0.2) is 42.6 Å². The Morgan fingerprint density at radius 2 is 1.80 bits per heavy atom. The van der Waals surface area contributed by atoms with Crippen molar-refractivity contribution < 1.29 is 48.5 Å². The van der Waals surface area contributed by atoms with Crippen molar-refractivity contribution in [1.82, 2.24) is 14.8 Å². The predicted molar refractivity (Wildman–Crippen MR) is 108 cm³/mol. The molecule has 0 atom stereocenters. The summed E-state index contributed by atoms with van der Waals surface area (Å²) in [5, 5.41) is 3.49. The lowest BCUT2D eigenvalue weighted by molar-refractivity contribution is -0.143. The van der Waals surface area contributed by atoms with Crippen LogP contribution in [-0.4, -0.2) is 41.3 Å². The third-order valence-electron chi connectivity index (χ3n) is 4.19. The number of ether oxygens (including phenoxy) is 1. The number of halogens is 7. The van der Waals surface area contributed by atoms with Crippen LogP contribution >= 0.6 is 11.6 Å². The highest BCUT2D eigenvalue weighted by Crippen LogP contribution is 2.37. The van der Waals surface area contributed by atoms with E-state index >= 15 is 0 Å². The average molecular weight is 544 g/mol. The van der Waals surface area contributed by atoms with Gasteiger partial charge in [0.15, 0.2) is 17.3 Å². The molecule has 35 heavy (non-hydrogen) atoms. The van der Waals surface area contributed by atoms with Crippen LogP contribution in [0.1, 0.15) is 23.0 Å². The zero-order chi connectivity index (χ0) is 26.2. The number of nitrogens with zero attached hydrogens (tertiary/aromatic N) is 3. The summed E-state index contributed by atoms with van der Waals surface area (Å²) in [4.78, 5) is 15.9. The van der Waals surface area contributed by atoms with Crippen LogP contribution in [-0.2, 0) is 21.0 Å². The number of alkyl halides is 6. The van der Waals surface area contributed by atoms with E-state index in [4.69, 9.17) is 11.6 Å². The average Bonchev–Trinajstić information content (AvgIpc) is 3.20. The molecule has 8 nitrogen and oxygen atoms in total. The zero-order valence-electron chi connectivity index (χ0n) is 17.2. The number of pyridine rings is 1. The molecule has 1 aromatic carbocycles. The molecule has 0 N–H and O–H groups in total. The fraction of sp³-hybridized carbons (Fsp3) is 0.211. The first-order valence-corrected chi connectivity index (χ1v) is 11.0. The summed E-state index contributed by atoms with van der Waals surface area (Å²) in [6.07, 6.45) is -4.46. The summed E-state index contributed by atoms with van der Waals surface area (Å²) in [7, 11) is -6.08. The largest absolute Gasteiger partial charge is 0.534 e. The highest BCUT2D eigenvalue weighted by Gasteiger charge is 2.49. The summed E-state index contributed by atoms with van der Waals surface area (Å²) < 4.78 is 112. The van der Waals surface area contributed by atoms with Crippen molar-refractivity contribution in [2.75, 3.05) is 6.61 Å². The molecule has 2 aromatic heterocycles. The van der Waals surface area contributed by atoms with Gasteiger partial charge in [-0.25, -0.2) is 14.5 Å². The van der Waals surface area contributed by atoms with Gasteiger partial charge in [-0.1, -0.05) is 17.7 Å². The molecule has 0 bridgehead atoms. The second-order valence-electron chi connectivity index (χ2n) is 6.54. The second-order valence-corrected chi connectivity index (χ2v) is 8.52. The smallest absolute Gasteiger partial charge is 0.462 e. The molecule has 0 aliphatic carbocycles. The zero-order valence-corrected chi connectivity index (χ0v) is 18.8. The van der Waals surface area contributed by atoms with E-state index in [9.17, 15) is 39.6 Å². The van der Waals surface area contributed by atoms with Crippen molar-refractivity contribution in [3.8, 4) is 22.8 Å². The molecule has 3 rings (SSSR count). The van der Waals surface area contributed by atoms with Crippen molar-refractivity contribution in [3.63, 3.8) is 0 Å². The number of esters is 1. The van der Waals surface area contributed by atoms with E-state index in [-0.39, 0.29) is 27.6 Å². The molecule has 0 amide bonds. The summed E-state index contributed by atoms with van der Waals surface area (Å²) in [5.74, 6) is -2.62. The highest BCUT2D eigenvalue weighted by atomic mass is 35.5. The first kappa shape index (κ1) is 26.3. The van der Waals surface area contributed by atoms with Gasteiger partial charge >= 0.3 is 27.8 Å². The van der Waals surface area contributed by atoms with Gasteiger partial charge < -0.3 is 8.92 Å². The molecular weight excluding hydrogens is 532 g/mol. The van der Waals surface area contributed by atoms with E-state index in [1.807, 2.05) is 0 Å². The minimum Gasteiger partial charge on any atom is -0.462 e. The van der Waals surface area contributed by atoms with Gasteiger partial charge in [0.25, 0.3) is 0 Å². The Bertz CT molecular complexity index is 1370. The van der Waals surface area contributed by atoms with E-state index < -0.39 is 50.6 Å². The minimum atomic E-state index is -6.08. The van der Waals surface area contributed by atoms with Crippen LogP contribution in [0.4, 0.5) is 26.3 Å². The Hall–Kier alpha value is -3.33. The molecule has 0 unspecified atom stereocenters. The Labute approximate surface area is 198 Å². The molecule has 0 aliphatic heterocycles. The fourth-order valence-corrected chi connectivity index (χ4v) is 3.43. The van der Waals surface area contributed by atoms with E-state index in [1.54, 1.807) is 0 Å². The lowest BCUT2D eigenvalue weighted by atomic mass is 10.1. The summed E-state index contributed by atoms with van der Waals surface area (Å²) in [5.41, 5.74) is -8.84. The van der Waals surface area contributed by atoms with E-state index in [2.05, 4.69) is 19.0 Å². The summed E-state index contributed by atoms with van der Waals surface area (Å²) >= 11 is 5.86. The number of rotatable bonds is 6. The van der Waals surface area contributed by atoms with Crippen LogP contribution in [0.25, 0.3) is 17.1 Å². The molecule has 0 saturated heterocycles. The molecule has 2 heterocycles. The van der Waals surface area contributed by atoms with Gasteiger partial charge in [0, 0.05) is 10.6 Å². The van der Waals surface area contributed by atoms with Crippen LogP contribution < -0.4 is 4.18 Å². The topological polar surface area (TPSA) is 100 Å². The maximum absolute atomic E-state index is 13.8. The van der Waals surface area contributed by atoms with Crippen molar-refractivity contribution in [2.45, 2.75) is 18.6 Å². The van der Waals surface area contributed by atoms with Crippen molar-refractivity contribution in [1.29, 1.82) is 0 Å². The van der Waals surface area contributed by atoms with Gasteiger partial charge in [-0.05, 0) is 37.3 Å². The number of hydrogen-bond acceptors (Lipinski definition) is 7. The normalized spacial score (nSPS) is 12.5. The van der Waals surface area contributed by atoms with Crippen molar-refractivity contribution in [3.05, 3.63) is 58.9 Å². The van der Waals surface area contributed by atoms with Crippen LogP contribution in [0, 0.1) is 0 Å².